The molecule has 3 heterocycles. The average molecular weight is 423 g/mol. The van der Waals surface area contributed by atoms with Crippen molar-refractivity contribution in [2.45, 2.75) is 59.4 Å². The number of thiophene rings is 1. The van der Waals surface area contributed by atoms with Crippen LogP contribution in [-0.2, 0) is 11.2 Å². The predicted molar refractivity (Wildman–Crippen MR) is 119 cm³/mol. The van der Waals surface area contributed by atoms with Gasteiger partial charge in [-0.3, -0.25) is 14.4 Å². The first-order valence-electron chi connectivity index (χ1n) is 10.3. The molecule has 6 nitrogen and oxygen atoms in total. The van der Waals surface area contributed by atoms with Crippen LogP contribution < -0.4 is 0 Å². The molecule has 0 radical (unpaired) electrons. The zero-order valence-electron chi connectivity index (χ0n) is 17.8. The lowest BCUT2D eigenvalue weighted by Crippen LogP contribution is -2.07. The third-order valence-corrected chi connectivity index (χ3v) is 6.88. The molecule has 2 aromatic heterocycles. The third-order valence-electron chi connectivity index (χ3n) is 5.69. The molecule has 1 aromatic carbocycles. The third kappa shape index (κ3) is 3.69. The fourth-order valence-corrected chi connectivity index (χ4v) is 5.13. The zero-order valence-corrected chi connectivity index (χ0v) is 18.6. The number of unbranched alkanes of at least 4 members (excludes halogenated alkanes) is 1. The summed E-state index contributed by atoms with van der Waals surface area (Å²) >= 11 is 1.77. The van der Waals surface area contributed by atoms with E-state index >= 15 is 0 Å². The van der Waals surface area contributed by atoms with Gasteiger partial charge in [-0.05, 0) is 58.1 Å². The highest BCUT2D eigenvalue weighted by Gasteiger charge is 2.29. The van der Waals surface area contributed by atoms with Crippen molar-refractivity contribution in [1.29, 1.82) is 0 Å². The summed E-state index contributed by atoms with van der Waals surface area (Å²) in [5, 5.41) is 18.6. The first-order valence-corrected chi connectivity index (χ1v) is 11.1. The second-order valence-corrected chi connectivity index (χ2v) is 9.06. The standard InChI is InChI=1S/C23H26N4O2S/c1-13-15(3)30-23-20(13)21(24-14(2)22-26-25-16(4)27(22)23)18-11-9-17(10-12-18)7-5-6-8-19(28)29/h9-12,14H,5-8H2,1-4H3,(H,28,29)/t14-/m0/s1. The van der Waals surface area contributed by atoms with Crippen LogP contribution in [0.25, 0.3) is 5.00 Å². The van der Waals surface area contributed by atoms with Gasteiger partial charge in [0.25, 0.3) is 0 Å². The van der Waals surface area contributed by atoms with Crippen molar-refractivity contribution in [3.05, 3.63) is 63.0 Å². The number of carboxylic acids is 1. The molecule has 30 heavy (non-hydrogen) atoms. The molecular weight excluding hydrogens is 396 g/mol. The summed E-state index contributed by atoms with van der Waals surface area (Å²) in [4.78, 5) is 17.0. The summed E-state index contributed by atoms with van der Waals surface area (Å²) < 4.78 is 2.15. The minimum absolute atomic E-state index is 0.0869. The molecule has 0 amide bonds. The van der Waals surface area contributed by atoms with Crippen molar-refractivity contribution in [2.24, 2.45) is 4.99 Å². The molecule has 4 rings (SSSR count). The number of aliphatic carboxylic acids is 1. The van der Waals surface area contributed by atoms with Gasteiger partial charge in [0.05, 0.1) is 5.71 Å². The van der Waals surface area contributed by atoms with Gasteiger partial charge in [0, 0.05) is 22.4 Å². The van der Waals surface area contributed by atoms with E-state index in [0.717, 1.165) is 40.8 Å². The van der Waals surface area contributed by atoms with Crippen LogP contribution >= 0.6 is 11.3 Å². The molecule has 0 aliphatic carbocycles. The van der Waals surface area contributed by atoms with Crippen molar-refractivity contribution in [3.63, 3.8) is 0 Å². The predicted octanol–water partition coefficient (Wildman–Crippen LogP) is 4.96. The molecule has 3 aromatic rings. The molecule has 0 bridgehead atoms. The minimum atomic E-state index is -0.728. The average Bonchev–Trinajstić information content (AvgIpc) is 3.19. The second-order valence-electron chi connectivity index (χ2n) is 7.86. The van der Waals surface area contributed by atoms with E-state index < -0.39 is 5.97 Å². The summed E-state index contributed by atoms with van der Waals surface area (Å²) in [5.41, 5.74) is 5.73. The van der Waals surface area contributed by atoms with Gasteiger partial charge in [0.15, 0.2) is 5.82 Å². The summed E-state index contributed by atoms with van der Waals surface area (Å²) in [6.45, 7) is 8.36. The highest BCUT2D eigenvalue weighted by Crippen LogP contribution is 2.38. The molecule has 1 atom stereocenters. The van der Waals surface area contributed by atoms with Crippen LogP contribution in [0.15, 0.2) is 29.3 Å². The summed E-state index contributed by atoms with van der Waals surface area (Å²) in [6.07, 6.45) is 2.70. The SMILES string of the molecule is Cc1sc2c(c1C)C(c1ccc(CCCCC(=O)O)cc1)=N[C@@H](C)c1nnc(C)n1-2. The van der Waals surface area contributed by atoms with Gasteiger partial charge in [0.1, 0.15) is 16.9 Å². The van der Waals surface area contributed by atoms with E-state index in [-0.39, 0.29) is 12.5 Å². The Balaban J connectivity index is 1.68. The maximum atomic E-state index is 10.7. The van der Waals surface area contributed by atoms with E-state index in [1.807, 2.05) is 6.92 Å². The number of hydrogen-bond acceptors (Lipinski definition) is 5. The number of aliphatic imine (C=N–C) groups is 1. The van der Waals surface area contributed by atoms with Crippen molar-refractivity contribution >= 4 is 23.0 Å². The van der Waals surface area contributed by atoms with E-state index in [2.05, 4.69) is 59.8 Å². The van der Waals surface area contributed by atoms with Crippen molar-refractivity contribution in [2.75, 3.05) is 0 Å². The summed E-state index contributed by atoms with van der Waals surface area (Å²) in [5.74, 6) is 1.03. The maximum absolute atomic E-state index is 10.7. The van der Waals surface area contributed by atoms with Gasteiger partial charge in [-0.15, -0.1) is 21.5 Å². The summed E-state index contributed by atoms with van der Waals surface area (Å²) in [6, 6.07) is 8.44. The Bertz CT molecular complexity index is 1130. The number of carboxylic acid groups (broad SMARTS) is 1. The number of fused-ring (bicyclic) bond motifs is 3. The molecule has 0 unspecified atom stereocenters. The molecule has 0 spiro atoms. The van der Waals surface area contributed by atoms with E-state index in [0.29, 0.717) is 6.42 Å². The highest BCUT2D eigenvalue weighted by atomic mass is 32.1. The number of aromatic nitrogens is 3. The Morgan fingerprint density at radius 3 is 2.57 bits per heavy atom. The molecule has 156 valence electrons. The van der Waals surface area contributed by atoms with Gasteiger partial charge < -0.3 is 5.11 Å². The van der Waals surface area contributed by atoms with E-state index in [1.165, 1.54) is 21.6 Å². The zero-order chi connectivity index (χ0) is 21.4. The number of hydrogen-bond donors (Lipinski definition) is 1. The Kier molecular flexibility index (Phi) is 5.56. The number of rotatable bonds is 6. The highest BCUT2D eigenvalue weighted by molar-refractivity contribution is 7.15. The number of nitrogens with zero attached hydrogens (tertiary/aromatic N) is 4. The fraction of sp³-hybridized carbons (Fsp3) is 0.391. The number of carbonyl (C=O) groups is 1. The van der Waals surface area contributed by atoms with Gasteiger partial charge in [0.2, 0.25) is 0 Å². The van der Waals surface area contributed by atoms with E-state index in [4.69, 9.17) is 10.1 Å². The molecule has 0 saturated carbocycles. The Morgan fingerprint density at radius 1 is 1.13 bits per heavy atom. The van der Waals surface area contributed by atoms with Gasteiger partial charge >= 0.3 is 5.97 Å². The largest absolute Gasteiger partial charge is 0.481 e. The van der Waals surface area contributed by atoms with Crippen LogP contribution in [0.5, 0.6) is 0 Å². The first-order chi connectivity index (χ1) is 14.4. The van der Waals surface area contributed by atoms with Crippen LogP contribution in [0, 0.1) is 20.8 Å². The topological polar surface area (TPSA) is 80.4 Å². The normalized spacial score (nSPS) is 15.3. The Morgan fingerprint density at radius 2 is 1.87 bits per heavy atom. The van der Waals surface area contributed by atoms with E-state index in [9.17, 15) is 4.79 Å². The number of benzene rings is 1. The van der Waals surface area contributed by atoms with Crippen molar-refractivity contribution < 1.29 is 9.90 Å². The van der Waals surface area contributed by atoms with Crippen LogP contribution in [-0.4, -0.2) is 31.6 Å². The first kappa shape index (κ1) is 20.5. The van der Waals surface area contributed by atoms with Gasteiger partial charge in [-0.25, -0.2) is 0 Å². The van der Waals surface area contributed by atoms with Crippen LogP contribution in [0.4, 0.5) is 0 Å². The van der Waals surface area contributed by atoms with Crippen molar-refractivity contribution in [3.8, 4) is 5.00 Å². The lowest BCUT2D eigenvalue weighted by atomic mass is 9.97. The minimum Gasteiger partial charge on any atom is -0.481 e. The molecule has 0 fully saturated rings. The monoisotopic (exact) mass is 422 g/mol. The van der Waals surface area contributed by atoms with Gasteiger partial charge in [-0.2, -0.15) is 0 Å². The van der Waals surface area contributed by atoms with E-state index in [1.54, 1.807) is 11.3 Å². The molecule has 0 saturated heterocycles. The van der Waals surface area contributed by atoms with Crippen LogP contribution in [0.2, 0.25) is 0 Å². The van der Waals surface area contributed by atoms with Gasteiger partial charge in [-0.1, -0.05) is 24.3 Å². The fourth-order valence-electron chi connectivity index (χ4n) is 3.91. The van der Waals surface area contributed by atoms with Crippen molar-refractivity contribution in [1.82, 2.24) is 14.8 Å². The quantitative estimate of drug-likeness (QED) is 0.569. The number of aryl methyl sites for hydroxylation is 3. The molecule has 1 aliphatic rings. The molecule has 1 aliphatic heterocycles. The summed E-state index contributed by atoms with van der Waals surface area (Å²) in [7, 11) is 0. The lowest BCUT2D eigenvalue weighted by Gasteiger charge is -2.10. The Hall–Kier alpha value is -2.80. The van der Waals surface area contributed by atoms with Crippen LogP contribution in [0.3, 0.4) is 0 Å². The molecular formula is C23H26N4O2S. The lowest BCUT2D eigenvalue weighted by molar-refractivity contribution is -0.137. The Labute approximate surface area is 180 Å². The maximum Gasteiger partial charge on any atom is 0.303 e. The smallest absolute Gasteiger partial charge is 0.303 e. The molecule has 1 N–H and O–H groups in total. The molecule has 7 heteroatoms. The van der Waals surface area contributed by atoms with Crippen LogP contribution in [0.1, 0.15) is 71.0 Å². The second kappa shape index (κ2) is 8.14.